The van der Waals surface area contributed by atoms with E-state index in [2.05, 4.69) is 45.3 Å². The summed E-state index contributed by atoms with van der Waals surface area (Å²) in [4.78, 5) is 86.0. The molecule has 4 aromatic heterocycles. The number of aryl methyl sites for hydroxylation is 1. The predicted octanol–water partition coefficient (Wildman–Crippen LogP) is 11.2. The summed E-state index contributed by atoms with van der Waals surface area (Å²) in [5.74, 6) is -1.95. The molecule has 3 aromatic carbocycles. The maximum absolute atomic E-state index is 15.2. The smallest absolute Gasteiger partial charge is 0.417 e. The molecule has 0 aliphatic carbocycles. The molecular formula is C62H71F3N10O8SSi. The molecule has 2 saturated heterocycles. The second kappa shape index (κ2) is 25.2. The third kappa shape index (κ3) is 14.6. The van der Waals surface area contributed by atoms with E-state index >= 15 is 13.2 Å². The molecule has 1 unspecified atom stereocenters. The zero-order valence-electron chi connectivity index (χ0n) is 48.9. The van der Waals surface area contributed by atoms with Crippen molar-refractivity contribution in [2.24, 2.45) is 13.0 Å². The van der Waals surface area contributed by atoms with Crippen molar-refractivity contribution < 1.29 is 51.4 Å². The number of esters is 1. The van der Waals surface area contributed by atoms with Gasteiger partial charge in [-0.05, 0) is 156 Å². The van der Waals surface area contributed by atoms with Gasteiger partial charge in [-0.2, -0.15) is 18.3 Å². The first-order valence-corrected chi connectivity index (χ1v) is 33.4. The molecule has 10 rings (SSSR count). The Kier molecular flexibility index (Phi) is 17.9. The van der Waals surface area contributed by atoms with Crippen molar-refractivity contribution in [3.05, 3.63) is 119 Å². The Labute approximate surface area is 496 Å². The molecule has 7 heterocycles. The van der Waals surface area contributed by atoms with Gasteiger partial charge in [0.25, 0.3) is 5.91 Å². The lowest BCUT2D eigenvalue weighted by molar-refractivity contribution is -0.137. The molecule has 0 spiro atoms. The van der Waals surface area contributed by atoms with Gasteiger partial charge in [0.2, 0.25) is 17.7 Å². The standard InChI is InChI=1S/C62H71F3N10O8SSi/c1-61(2,3)83-59(80)56-43(18-20-51(69-56)74-29-25-39-22-26-66-55(46(39)35-74)58(79)75(37-81-31-32-85(5,6)7)60-68-48-12-8-9-13-50(48)84-60)42-17-15-41(34-47(42)62(63,64)65)82-30-10-11-38-23-27-73(28-24-38)36-53(77)67-40-14-16-44-49(33-40)72(4)71-54(44)45-19-21-52(76)70-57(45)78/h8-9,12-18,20,22,26,33-34,38,45H,10-11,19,21,23-25,27-32,35-37H2,1-7H3,(H,67,77)(H,70,76,78). The summed E-state index contributed by atoms with van der Waals surface area (Å²) in [7, 11) is 0.331. The number of fused-ring (bicyclic) bond motifs is 3. The van der Waals surface area contributed by atoms with E-state index in [1.807, 2.05) is 47.4 Å². The highest BCUT2D eigenvalue weighted by Crippen LogP contribution is 2.42. The highest BCUT2D eigenvalue weighted by atomic mass is 32.1. The molecule has 4 amide bonds. The largest absolute Gasteiger partial charge is 0.494 e. The van der Waals surface area contributed by atoms with Crippen LogP contribution >= 0.6 is 11.3 Å². The maximum Gasteiger partial charge on any atom is 0.417 e. The minimum Gasteiger partial charge on any atom is -0.494 e. The summed E-state index contributed by atoms with van der Waals surface area (Å²) in [5, 5.41) is 11.2. The summed E-state index contributed by atoms with van der Waals surface area (Å²) in [6.45, 7) is 14.6. The Morgan fingerprint density at radius 2 is 1.66 bits per heavy atom. The number of pyridine rings is 2. The van der Waals surface area contributed by atoms with Crippen molar-refractivity contribution in [1.82, 2.24) is 34.9 Å². The number of rotatable bonds is 19. The first-order chi connectivity index (χ1) is 40.4. The molecule has 23 heteroatoms. The van der Waals surface area contributed by atoms with Crippen molar-refractivity contribution in [2.75, 3.05) is 61.2 Å². The van der Waals surface area contributed by atoms with Crippen molar-refractivity contribution >= 4 is 86.8 Å². The lowest BCUT2D eigenvalue weighted by Crippen LogP contribution is -2.39. The van der Waals surface area contributed by atoms with E-state index in [1.165, 1.54) is 34.4 Å². The third-order valence-corrected chi connectivity index (χ3v) is 18.3. The van der Waals surface area contributed by atoms with Crippen molar-refractivity contribution in [3.8, 4) is 16.9 Å². The summed E-state index contributed by atoms with van der Waals surface area (Å²) >= 11 is 1.38. The summed E-state index contributed by atoms with van der Waals surface area (Å²) in [6, 6.07) is 22.7. The third-order valence-electron chi connectivity index (χ3n) is 15.5. The van der Waals surface area contributed by atoms with Crippen LogP contribution in [0.2, 0.25) is 25.7 Å². The van der Waals surface area contributed by atoms with Gasteiger partial charge in [-0.1, -0.05) is 49.2 Å². The number of ether oxygens (including phenoxy) is 3. The fourth-order valence-corrected chi connectivity index (χ4v) is 12.8. The molecule has 448 valence electrons. The number of hydrogen-bond acceptors (Lipinski definition) is 15. The predicted molar refractivity (Wildman–Crippen MR) is 323 cm³/mol. The number of nitrogens with one attached hydrogen (secondary N) is 2. The molecule has 18 nitrogen and oxygen atoms in total. The van der Waals surface area contributed by atoms with Crippen molar-refractivity contribution in [2.45, 2.75) is 116 Å². The van der Waals surface area contributed by atoms with Gasteiger partial charge in [-0.25, -0.2) is 14.8 Å². The minimum absolute atomic E-state index is 0.0309. The monoisotopic (exact) mass is 1200 g/mol. The molecule has 7 aromatic rings. The second-order valence-corrected chi connectivity index (χ2v) is 30.9. The molecule has 3 aliphatic rings. The van der Waals surface area contributed by atoms with Gasteiger partial charge in [0, 0.05) is 69.6 Å². The molecule has 85 heavy (non-hydrogen) atoms. The first kappa shape index (κ1) is 60.5. The number of alkyl halides is 3. The Morgan fingerprint density at radius 1 is 0.882 bits per heavy atom. The van der Waals surface area contributed by atoms with E-state index in [9.17, 15) is 24.0 Å². The Bertz CT molecular complexity index is 3630. The van der Waals surface area contributed by atoms with Gasteiger partial charge in [-0.3, -0.25) is 44.0 Å². The topological polar surface area (TPSA) is 203 Å². The number of imide groups is 1. The van der Waals surface area contributed by atoms with Gasteiger partial charge in [0.1, 0.15) is 29.6 Å². The lowest BCUT2D eigenvalue weighted by atomic mass is 9.92. The summed E-state index contributed by atoms with van der Waals surface area (Å²) < 4.78 is 66.1. The summed E-state index contributed by atoms with van der Waals surface area (Å²) in [6.07, 6.45) is 0.979. The van der Waals surface area contributed by atoms with Crippen molar-refractivity contribution in [3.63, 3.8) is 0 Å². The Morgan fingerprint density at radius 3 is 2.40 bits per heavy atom. The van der Waals surface area contributed by atoms with Crippen LogP contribution in [0.1, 0.15) is 109 Å². The van der Waals surface area contributed by atoms with E-state index in [-0.39, 0.29) is 78.8 Å². The molecular weight excluding hydrogens is 1130 g/mol. The molecule has 0 bridgehead atoms. The van der Waals surface area contributed by atoms with Crippen molar-refractivity contribution in [1.29, 1.82) is 0 Å². The number of para-hydroxylation sites is 1. The van der Waals surface area contributed by atoms with Crippen LogP contribution in [0.4, 0.5) is 29.8 Å². The quantitative estimate of drug-likeness (QED) is 0.0254. The number of anilines is 3. The fourth-order valence-electron chi connectivity index (χ4n) is 11.1. The first-order valence-electron chi connectivity index (χ1n) is 28.8. The van der Waals surface area contributed by atoms with Crippen LogP contribution in [0, 0.1) is 5.92 Å². The molecule has 3 aliphatic heterocycles. The van der Waals surface area contributed by atoms with E-state index < -0.39 is 43.2 Å². The number of piperidine rings is 2. The van der Waals surface area contributed by atoms with Crippen LogP contribution in [-0.4, -0.2) is 119 Å². The average Bonchev–Trinajstić information content (AvgIpc) is 2.80. The minimum atomic E-state index is -4.84. The average molecular weight is 1200 g/mol. The SMILES string of the molecule is Cn1nc(C2CCC(=O)NC2=O)c2ccc(NC(=O)CN3CCC(CCCOc4ccc(-c5ccc(N6CCc7ccnc(C(=O)N(COCC[Si](C)(C)C)c8nc9ccccc9s8)c7C6)nc5C(=O)OC(C)(C)C)c(C(F)(F)F)c4)CC3)cc21. The fraction of sp³-hybridized carbons (Fsp3) is 0.435. The molecule has 0 saturated carbocycles. The van der Waals surface area contributed by atoms with Crippen LogP contribution in [0.15, 0.2) is 85.1 Å². The molecule has 2 N–H and O–H groups in total. The number of carbonyl (C=O) groups excluding carboxylic acids is 5. The number of nitrogens with zero attached hydrogens (tertiary/aromatic N) is 8. The Hall–Kier alpha value is -7.60. The van der Waals surface area contributed by atoms with Gasteiger partial charge in [-0.15, -0.1) is 0 Å². The van der Waals surface area contributed by atoms with Crippen LogP contribution in [0.5, 0.6) is 5.75 Å². The van der Waals surface area contributed by atoms with Gasteiger partial charge >= 0.3 is 12.1 Å². The zero-order chi connectivity index (χ0) is 60.4. The van der Waals surface area contributed by atoms with E-state index in [4.69, 9.17) is 24.2 Å². The maximum atomic E-state index is 15.2. The number of hydrogen-bond donors (Lipinski definition) is 2. The van der Waals surface area contributed by atoms with Gasteiger partial charge in [0.15, 0.2) is 10.8 Å². The number of aromatic nitrogens is 5. The molecule has 1 atom stereocenters. The highest BCUT2D eigenvalue weighted by Gasteiger charge is 2.38. The van der Waals surface area contributed by atoms with E-state index in [0.29, 0.717) is 79.3 Å². The zero-order valence-corrected chi connectivity index (χ0v) is 50.8. The van der Waals surface area contributed by atoms with Crippen LogP contribution < -0.4 is 25.2 Å². The van der Waals surface area contributed by atoms with Crippen LogP contribution in [0.3, 0.4) is 0 Å². The highest BCUT2D eigenvalue weighted by molar-refractivity contribution is 7.22. The van der Waals surface area contributed by atoms with E-state index in [0.717, 1.165) is 58.1 Å². The number of thiazole rings is 1. The van der Waals surface area contributed by atoms with Gasteiger partial charge in [0.05, 0.1) is 46.1 Å². The number of carbonyl (C=O) groups is 5. The molecule has 2 fully saturated rings. The van der Waals surface area contributed by atoms with E-state index in [1.54, 1.807) is 50.8 Å². The molecule has 0 radical (unpaired) electrons. The van der Waals surface area contributed by atoms with Crippen LogP contribution in [-0.2, 0) is 50.0 Å². The second-order valence-electron chi connectivity index (χ2n) is 24.3. The summed E-state index contributed by atoms with van der Waals surface area (Å²) in [5.41, 5.74) is 1.84. The Balaban J connectivity index is 0.779. The lowest BCUT2D eigenvalue weighted by Gasteiger charge is -2.32. The number of amides is 4. The number of halogens is 3. The normalized spacial score (nSPS) is 16.4. The number of likely N-dealkylation sites (tertiary alicyclic amines) is 1. The van der Waals surface area contributed by atoms with Gasteiger partial charge < -0.3 is 24.4 Å². The number of benzene rings is 3. The van der Waals surface area contributed by atoms with Crippen LogP contribution in [0.25, 0.3) is 32.2 Å².